The molecule has 0 saturated carbocycles. The largest absolute Gasteiger partial charge is 0.455 e. The minimum absolute atomic E-state index is 0.112. The summed E-state index contributed by atoms with van der Waals surface area (Å²) in [6, 6.07) is 13.7. The van der Waals surface area contributed by atoms with E-state index in [0.29, 0.717) is 18.8 Å². The number of rotatable bonds is 8. The zero-order valence-corrected chi connectivity index (χ0v) is 18.3. The Labute approximate surface area is 180 Å². The second-order valence-corrected chi connectivity index (χ2v) is 9.85. The van der Waals surface area contributed by atoms with Gasteiger partial charge < -0.3 is 10.1 Å². The molecule has 1 heterocycles. The predicted octanol–water partition coefficient (Wildman–Crippen LogP) is 3.05. The molecule has 0 atom stereocenters. The summed E-state index contributed by atoms with van der Waals surface area (Å²) in [5.41, 5.74) is 1.51. The summed E-state index contributed by atoms with van der Waals surface area (Å²) in [6.45, 7) is 2.63. The van der Waals surface area contributed by atoms with Gasteiger partial charge in [-0.15, -0.1) is 11.8 Å². The molecule has 1 fully saturated rings. The Hall–Kier alpha value is -2.36. The van der Waals surface area contributed by atoms with Gasteiger partial charge in [-0.2, -0.15) is 4.31 Å². The van der Waals surface area contributed by atoms with Gasteiger partial charge in [0.15, 0.2) is 6.61 Å². The fourth-order valence-electron chi connectivity index (χ4n) is 3.03. The van der Waals surface area contributed by atoms with Gasteiger partial charge >= 0.3 is 5.97 Å². The third-order valence-corrected chi connectivity index (χ3v) is 7.71. The number of hydrogen-bond acceptors (Lipinski definition) is 6. The summed E-state index contributed by atoms with van der Waals surface area (Å²) in [5.74, 6) is -0.855. The number of thioether (sulfide) groups is 1. The van der Waals surface area contributed by atoms with Crippen LogP contribution in [0.3, 0.4) is 0 Å². The molecule has 2 aromatic carbocycles. The smallest absolute Gasteiger partial charge is 0.316 e. The van der Waals surface area contributed by atoms with E-state index < -0.39 is 28.5 Å². The number of carbonyl (C=O) groups excluding carboxylic acids is 2. The molecule has 1 saturated heterocycles. The number of ether oxygens (including phenoxy) is 1. The van der Waals surface area contributed by atoms with Crippen LogP contribution in [0.4, 0.5) is 5.69 Å². The van der Waals surface area contributed by atoms with E-state index in [1.165, 1.54) is 40.3 Å². The molecule has 0 unspecified atom stereocenters. The molecule has 0 aliphatic carbocycles. The summed E-state index contributed by atoms with van der Waals surface area (Å²) >= 11 is 1.36. The first-order valence-electron chi connectivity index (χ1n) is 9.60. The minimum atomic E-state index is -3.49. The van der Waals surface area contributed by atoms with Crippen molar-refractivity contribution in [1.29, 1.82) is 0 Å². The van der Waals surface area contributed by atoms with Gasteiger partial charge in [-0.05, 0) is 55.7 Å². The van der Waals surface area contributed by atoms with E-state index in [2.05, 4.69) is 5.32 Å². The molecular weight excluding hydrogens is 424 g/mol. The minimum Gasteiger partial charge on any atom is -0.455 e. The molecule has 2 aromatic rings. The van der Waals surface area contributed by atoms with Gasteiger partial charge in [0, 0.05) is 23.7 Å². The van der Waals surface area contributed by atoms with E-state index in [0.717, 1.165) is 23.3 Å². The van der Waals surface area contributed by atoms with E-state index in [4.69, 9.17) is 4.74 Å². The number of sulfonamides is 1. The summed E-state index contributed by atoms with van der Waals surface area (Å²) in [6.07, 6.45) is 1.74. The predicted molar refractivity (Wildman–Crippen MR) is 116 cm³/mol. The van der Waals surface area contributed by atoms with Gasteiger partial charge in [0.05, 0.1) is 10.6 Å². The number of carbonyl (C=O) groups is 2. The molecule has 3 rings (SSSR count). The topological polar surface area (TPSA) is 92.8 Å². The van der Waals surface area contributed by atoms with Crippen molar-refractivity contribution >= 4 is 39.3 Å². The molecule has 1 aliphatic heterocycles. The number of benzene rings is 2. The molecule has 7 nitrogen and oxygen atoms in total. The molecule has 160 valence electrons. The summed E-state index contributed by atoms with van der Waals surface area (Å²) in [4.78, 5) is 25.1. The van der Waals surface area contributed by atoms with Crippen molar-refractivity contribution in [2.24, 2.45) is 0 Å². The molecule has 30 heavy (non-hydrogen) atoms. The second-order valence-electron chi connectivity index (χ2n) is 6.90. The molecule has 9 heteroatoms. The van der Waals surface area contributed by atoms with Gasteiger partial charge in [0.2, 0.25) is 10.0 Å². The lowest BCUT2D eigenvalue weighted by atomic mass is 10.2. The number of nitrogens with zero attached hydrogens (tertiary/aromatic N) is 1. The maximum Gasteiger partial charge on any atom is 0.316 e. The van der Waals surface area contributed by atoms with E-state index in [9.17, 15) is 18.0 Å². The van der Waals surface area contributed by atoms with Crippen LogP contribution in [0.2, 0.25) is 0 Å². The van der Waals surface area contributed by atoms with Crippen molar-refractivity contribution in [3.63, 3.8) is 0 Å². The number of nitrogens with one attached hydrogen (secondary N) is 1. The molecule has 1 N–H and O–H groups in total. The Kier molecular flexibility index (Phi) is 7.52. The lowest BCUT2D eigenvalue weighted by Gasteiger charge is -2.15. The van der Waals surface area contributed by atoms with Crippen LogP contribution in [0.5, 0.6) is 0 Å². The number of amides is 1. The molecule has 1 aliphatic rings. The van der Waals surface area contributed by atoms with Gasteiger partial charge in [0.25, 0.3) is 5.91 Å². The second kappa shape index (κ2) is 10.1. The standard InChI is InChI=1S/C21H24N2O5S2/c1-16-6-2-3-7-19(16)29-15-21(25)28-14-20(24)22-17-8-10-18(11-9-17)30(26,27)23-12-4-5-13-23/h2-3,6-11H,4-5,12-15H2,1H3,(H,22,24). The van der Waals surface area contributed by atoms with Crippen molar-refractivity contribution in [2.45, 2.75) is 29.6 Å². The zero-order valence-electron chi connectivity index (χ0n) is 16.7. The van der Waals surface area contributed by atoms with Crippen LogP contribution in [0.25, 0.3) is 0 Å². The highest BCUT2D eigenvalue weighted by Gasteiger charge is 2.26. The summed E-state index contributed by atoms with van der Waals surface area (Å²) in [5, 5.41) is 2.60. The average Bonchev–Trinajstić information content (AvgIpc) is 3.28. The first-order valence-corrected chi connectivity index (χ1v) is 12.0. The first-order chi connectivity index (χ1) is 14.4. The number of aryl methyl sites for hydroxylation is 1. The third kappa shape index (κ3) is 5.84. The zero-order chi connectivity index (χ0) is 21.6. The summed E-state index contributed by atoms with van der Waals surface area (Å²) < 4.78 is 31.5. The number of anilines is 1. The van der Waals surface area contributed by atoms with E-state index in [-0.39, 0.29) is 10.6 Å². The fraction of sp³-hybridized carbons (Fsp3) is 0.333. The van der Waals surface area contributed by atoms with Crippen LogP contribution >= 0.6 is 11.8 Å². The van der Waals surface area contributed by atoms with Gasteiger partial charge in [0.1, 0.15) is 0 Å². The van der Waals surface area contributed by atoms with E-state index >= 15 is 0 Å². The Morgan fingerprint density at radius 3 is 2.40 bits per heavy atom. The third-order valence-electron chi connectivity index (χ3n) is 4.64. The normalized spacial score (nSPS) is 14.4. The van der Waals surface area contributed by atoms with Gasteiger partial charge in [-0.1, -0.05) is 18.2 Å². The number of esters is 1. The van der Waals surface area contributed by atoms with Crippen molar-refractivity contribution in [2.75, 3.05) is 30.8 Å². The van der Waals surface area contributed by atoms with Crippen LogP contribution < -0.4 is 5.32 Å². The van der Waals surface area contributed by atoms with Crippen molar-refractivity contribution in [3.8, 4) is 0 Å². The van der Waals surface area contributed by atoms with Crippen LogP contribution in [-0.2, 0) is 24.3 Å². The molecule has 0 spiro atoms. The fourth-order valence-corrected chi connectivity index (χ4v) is 5.37. The van der Waals surface area contributed by atoms with Gasteiger partial charge in [-0.3, -0.25) is 9.59 Å². The Morgan fingerprint density at radius 1 is 1.07 bits per heavy atom. The Morgan fingerprint density at radius 2 is 1.73 bits per heavy atom. The average molecular weight is 449 g/mol. The van der Waals surface area contributed by atoms with Crippen LogP contribution in [0.1, 0.15) is 18.4 Å². The van der Waals surface area contributed by atoms with E-state index in [1.807, 2.05) is 31.2 Å². The molecule has 0 aromatic heterocycles. The Bertz CT molecular complexity index is 1000. The van der Waals surface area contributed by atoms with Gasteiger partial charge in [-0.25, -0.2) is 8.42 Å². The van der Waals surface area contributed by atoms with Crippen LogP contribution in [0, 0.1) is 6.92 Å². The monoisotopic (exact) mass is 448 g/mol. The maximum atomic E-state index is 12.5. The highest BCUT2D eigenvalue weighted by atomic mass is 32.2. The molecule has 0 bridgehead atoms. The molecular formula is C21H24N2O5S2. The summed E-state index contributed by atoms with van der Waals surface area (Å²) in [7, 11) is -3.49. The highest BCUT2D eigenvalue weighted by Crippen LogP contribution is 2.23. The first kappa shape index (κ1) is 22.3. The quantitative estimate of drug-likeness (QED) is 0.493. The van der Waals surface area contributed by atoms with Crippen LogP contribution in [0.15, 0.2) is 58.3 Å². The lowest BCUT2D eigenvalue weighted by molar-refractivity contribution is -0.144. The SMILES string of the molecule is Cc1ccccc1SCC(=O)OCC(=O)Nc1ccc(S(=O)(=O)N2CCCC2)cc1. The lowest BCUT2D eigenvalue weighted by Crippen LogP contribution is -2.27. The Balaban J connectivity index is 1.45. The van der Waals surface area contributed by atoms with Crippen molar-refractivity contribution in [1.82, 2.24) is 4.31 Å². The highest BCUT2D eigenvalue weighted by molar-refractivity contribution is 8.00. The molecule has 0 radical (unpaired) electrons. The van der Waals surface area contributed by atoms with Crippen LogP contribution in [-0.4, -0.2) is 50.0 Å². The number of hydrogen-bond donors (Lipinski definition) is 1. The van der Waals surface area contributed by atoms with E-state index in [1.54, 1.807) is 0 Å². The van der Waals surface area contributed by atoms with Crippen molar-refractivity contribution < 1.29 is 22.7 Å². The maximum absolute atomic E-state index is 12.5. The van der Waals surface area contributed by atoms with Crippen molar-refractivity contribution in [3.05, 3.63) is 54.1 Å². The molecule has 1 amide bonds.